The summed E-state index contributed by atoms with van der Waals surface area (Å²) in [5.74, 6) is 0. The van der Waals surface area contributed by atoms with E-state index in [-0.39, 0.29) is 24.0 Å². The van der Waals surface area contributed by atoms with Crippen LogP contribution in [0.1, 0.15) is 63.8 Å². The van der Waals surface area contributed by atoms with Crippen LogP contribution >= 0.6 is 28.1 Å². The zero-order valence-corrected chi connectivity index (χ0v) is 31.0. The van der Waals surface area contributed by atoms with Gasteiger partial charge in [0.1, 0.15) is 0 Å². The van der Waals surface area contributed by atoms with Crippen molar-refractivity contribution in [2.75, 3.05) is 12.7 Å². The number of nitrogens with zero attached hydrogens (tertiary/aromatic N) is 2. The van der Waals surface area contributed by atoms with E-state index in [0.29, 0.717) is 0 Å². The molecule has 1 aliphatic carbocycles. The van der Waals surface area contributed by atoms with E-state index >= 15 is 0 Å². The van der Waals surface area contributed by atoms with Crippen LogP contribution < -0.4 is 10.6 Å². The summed E-state index contributed by atoms with van der Waals surface area (Å²) < 4.78 is 0. The van der Waals surface area contributed by atoms with Gasteiger partial charge in [-0.2, -0.15) is 0 Å². The van der Waals surface area contributed by atoms with Crippen molar-refractivity contribution in [3.05, 3.63) is 138 Å². The van der Waals surface area contributed by atoms with Crippen molar-refractivity contribution < 1.29 is 13.1 Å². The van der Waals surface area contributed by atoms with E-state index in [4.69, 9.17) is 30.2 Å². The zero-order valence-electron chi connectivity index (χ0n) is 27.4. The summed E-state index contributed by atoms with van der Waals surface area (Å²) in [4.78, 5) is 10.9. The number of rotatable bonds is 6. The first-order chi connectivity index (χ1) is 22.0. The van der Waals surface area contributed by atoms with Gasteiger partial charge in [-0.1, -0.05) is 126 Å². The molecule has 0 atom stereocenters. The Morgan fingerprint density at radius 2 is 1.17 bits per heavy atom. The summed E-state index contributed by atoms with van der Waals surface area (Å²) in [7, 11) is 8.55. The van der Waals surface area contributed by atoms with Gasteiger partial charge in [0.2, 0.25) is 0 Å². The molecule has 0 radical (unpaired) electrons. The molecule has 0 saturated carbocycles. The number of halogens is 2. The Kier molecular flexibility index (Phi) is 11.3. The molecule has 238 valence electrons. The third-order valence-corrected chi connectivity index (χ3v) is 11.2. The monoisotopic (exact) mass is 707 g/mol. The molecule has 2 nitrogen and oxygen atoms in total. The van der Waals surface area contributed by atoms with Crippen LogP contribution in [0.2, 0.25) is 0 Å². The molecule has 0 aliphatic heterocycles. The van der Waals surface area contributed by atoms with Gasteiger partial charge in [-0.3, -0.25) is 4.99 Å². The molecular weight excluding hydrogens is 666 g/mol. The van der Waals surface area contributed by atoms with Crippen LogP contribution in [-0.4, -0.2) is 24.1 Å². The van der Waals surface area contributed by atoms with Gasteiger partial charge in [-0.05, 0) is 57.7 Å². The molecule has 5 aromatic rings. The average molecular weight is 709 g/mol. The molecule has 5 aromatic carbocycles. The van der Waals surface area contributed by atoms with E-state index in [1.807, 2.05) is 0 Å². The maximum absolute atomic E-state index is 5.53. The second kappa shape index (κ2) is 15.0. The number of hydrogen-bond acceptors (Lipinski definition) is 2. The molecule has 46 heavy (non-hydrogen) atoms. The third-order valence-electron chi connectivity index (χ3n) is 8.42. The summed E-state index contributed by atoms with van der Waals surface area (Å²) in [5.41, 5.74) is 8.01. The standard InChI is InChI=1S/C40H41N2P.2ClH.Fe/c1-39(2,3)29-23-24-34(40(4,5)6)35(27-29)42-38-33-22-14-16-28-15-13-21-32(36(28)33)37(38)41-25-26-43(30-17-9-7-10-18-30)31-19-11-8-12-20-31;;;/h7-24,27H,25-26H2,1-6H3;2*1H;/q;;;+2/p-1. The molecule has 0 aromatic heterocycles. The fourth-order valence-electron chi connectivity index (χ4n) is 6.12. The van der Waals surface area contributed by atoms with Crippen molar-refractivity contribution in [1.29, 1.82) is 0 Å². The minimum atomic E-state index is -0.979. The van der Waals surface area contributed by atoms with Gasteiger partial charge in [0.15, 0.2) is 0 Å². The van der Waals surface area contributed by atoms with Crippen molar-refractivity contribution in [2.45, 2.75) is 52.4 Å². The van der Waals surface area contributed by atoms with Gasteiger partial charge in [-0.25, -0.2) is 4.99 Å². The Labute approximate surface area is 290 Å². The molecule has 6 heteroatoms. The van der Waals surface area contributed by atoms with Crippen molar-refractivity contribution >= 4 is 66.6 Å². The first-order valence-corrected chi connectivity index (χ1v) is 20.4. The van der Waals surface area contributed by atoms with Gasteiger partial charge in [-0.15, -0.1) is 0 Å². The van der Waals surface area contributed by atoms with Gasteiger partial charge < -0.3 is 0 Å². The SMILES string of the molecule is CC(C)(C)c1ccc(C(C)(C)C)c(N=C2C(=NCC[PH+](c3ccccc3)c3ccccc3)c3cccc4cccc2c34)c1.[Cl][Fe][Cl]. The van der Waals surface area contributed by atoms with Crippen LogP contribution in [0.25, 0.3) is 10.8 Å². The first-order valence-electron chi connectivity index (χ1n) is 15.7. The van der Waals surface area contributed by atoms with Crippen molar-refractivity contribution in [3.8, 4) is 0 Å². The Bertz CT molecular complexity index is 1810. The van der Waals surface area contributed by atoms with Crippen LogP contribution in [0, 0.1) is 0 Å². The van der Waals surface area contributed by atoms with Crippen LogP contribution in [-0.2, 0) is 24.0 Å². The summed E-state index contributed by atoms with van der Waals surface area (Å²) in [6, 6.07) is 42.0. The zero-order chi connectivity index (χ0) is 32.9. The van der Waals surface area contributed by atoms with Gasteiger partial charge in [0, 0.05) is 16.5 Å². The normalized spacial score (nSPS) is 14.7. The second-order valence-corrected chi connectivity index (χ2v) is 18.1. The maximum atomic E-state index is 5.53. The molecule has 0 fully saturated rings. The van der Waals surface area contributed by atoms with E-state index in [1.165, 1.54) is 43.6 Å². The number of benzene rings is 5. The van der Waals surface area contributed by atoms with E-state index in [9.17, 15) is 0 Å². The predicted molar refractivity (Wildman–Crippen MR) is 202 cm³/mol. The van der Waals surface area contributed by atoms with E-state index in [0.717, 1.165) is 29.8 Å². The Morgan fingerprint density at radius 3 is 1.70 bits per heavy atom. The molecule has 0 bridgehead atoms. The third kappa shape index (κ3) is 7.84. The summed E-state index contributed by atoms with van der Waals surface area (Å²) >= 11 is 0.194. The quantitative estimate of drug-likeness (QED) is 0.124. The summed E-state index contributed by atoms with van der Waals surface area (Å²) in [6.07, 6.45) is 1.02. The van der Waals surface area contributed by atoms with Crippen LogP contribution in [0.4, 0.5) is 5.69 Å². The van der Waals surface area contributed by atoms with E-state index in [2.05, 4.69) is 157 Å². The minimum absolute atomic E-state index is 0.0345. The molecule has 0 spiro atoms. The molecule has 0 saturated heterocycles. The molecule has 0 amide bonds. The van der Waals surface area contributed by atoms with Crippen molar-refractivity contribution in [2.24, 2.45) is 9.98 Å². The van der Waals surface area contributed by atoms with Crippen LogP contribution in [0.15, 0.2) is 125 Å². The second-order valence-electron chi connectivity index (χ2n) is 13.6. The van der Waals surface area contributed by atoms with Crippen LogP contribution in [0.3, 0.4) is 0 Å². The molecule has 0 heterocycles. The first kappa shape index (κ1) is 34.6. The Hall–Kier alpha value is -2.77. The Morgan fingerprint density at radius 1 is 0.630 bits per heavy atom. The topological polar surface area (TPSA) is 24.7 Å². The van der Waals surface area contributed by atoms with Crippen molar-refractivity contribution in [1.82, 2.24) is 0 Å². The average Bonchev–Trinajstić information content (AvgIpc) is 3.33. The number of hydrogen-bond donors (Lipinski definition) is 0. The van der Waals surface area contributed by atoms with E-state index < -0.39 is 7.92 Å². The molecule has 6 rings (SSSR count). The van der Waals surface area contributed by atoms with Gasteiger partial charge >= 0.3 is 33.3 Å². The predicted octanol–water partition coefficient (Wildman–Crippen LogP) is 10.6. The van der Waals surface area contributed by atoms with Gasteiger partial charge in [0.25, 0.3) is 0 Å². The molecule has 0 unspecified atom stereocenters. The Balaban J connectivity index is 0.00000134. The van der Waals surface area contributed by atoms with Crippen molar-refractivity contribution in [3.63, 3.8) is 0 Å². The molecular formula is C40H42Cl2FeN2P+. The summed E-state index contributed by atoms with van der Waals surface area (Å²) in [5, 5.41) is 5.37. The molecule has 1 aliphatic rings. The summed E-state index contributed by atoms with van der Waals surface area (Å²) in [6.45, 7) is 14.4. The van der Waals surface area contributed by atoms with Crippen LogP contribution in [0.5, 0.6) is 0 Å². The fourth-order valence-corrected chi connectivity index (χ4v) is 8.56. The molecule has 0 N–H and O–H groups in total. The van der Waals surface area contributed by atoms with E-state index in [1.54, 1.807) is 0 Å². The van der Waals surface area contributed by atoms with Gasteiger partial charge in [0.05, 0.1) is 48.3 Å². The number of aliphatic imine (C=N–C) groups is 2. The fraction of sp³-hybridized carbons (Fsp3) is 0.250.